The Hall–Kier alpha value is -1.32. The molecule has 0 bridgehead atoms. The van der Waals surface area contributed by atoms with Gasteiger partial charge in [0.25, 0.3) is 0 Å². The van der Waals surface area contributed by atoms with Crippen LogP contribution in [0.25, 0.3) is 0 Å². The van der Waals surface area contributed by atoms with E-state index in [1.54, 1.807) is 12.1 Å². The normalized spacial score (nSPS) is 11.9. The SMILES string of the molecule is CC(C)(C)c1cc(C(=O)O)c(O)c(C(C)(C)C)c1.CC(C)(C)c1cc(C(=O)O)c(O)c(C(C)(C)C)c1.[B].[H-].[K+]. The third-order valence-corrected chi connectivity index (χ3v) is 6.03. The number of carboxylic acid groups (broad SMARTS) is 2. The number of aromatic carboxylic acids is 2. The molecule has 205 valence electrons. The van der Waals surface area contributed by atoms with Gasteiger partial charge in [-0.2, -0.15) is 0 Å². The summed E-state index contributed by atoms with van der Waals surface area (Å²) in [6, 6.07) is 6.93. The van der Waals surface area contributed by atoms with Gasteiger partial charge in [0.2, 0.25) is 0 Å². The largest absolute Gasteiger partial charge is 1.00 e. The molecular formula is C30H45BKO6. The summed E-state index contributed by atoms with van der Waals surface area (Å²) in [6.45, 7) is 23.9. The van der Waals surface area contributed by atoms with E-state index in [0.717, 1.165) is 11.1 Å². The molecule has 3 radical (unpaired) electrons. The quantitative estimate of drug-likeness (QED) is 0.418. The summed E-state index contributed by atoms with van der Waals surface area (Å²) in [4.78, 5) is 22.4. The van der Waals surface area contributed by atoms with Gasteiger partial charge in [-0.15, -0.1) is 0 Å². The summed E-state index contributed by atoms with van der Waals surface area (Å²) in [5, 5.41) is 38.6. The van der Waals surface area contributed by atoms with Crippen LogP contribution >= 0.6 is 0 Å². The van der Waals surface area contributed by atoms with Gasteiger partial charge in [0, 0.05) is 19.5 Å². The van der Waals surface area contributed by atoms with Crippen molar-refractivity contribution in [2.75, 3.05) is 0 Å². The molecule has 0 fully saturated rings. The Labute approximate surface area is 274 Å². The second kappa shape index (κ2) is 13.4. The summed E-state index contributed by atoms with van der Waals surface area (Å²) in [5.41, 5.74) is 2.24. The Morgan fingerprint density at radius 2 is 0.789 bits per heavy atom. The van der Waals surface area contributed by atoms with E-state index in [9.17, 15) is 30.0 Å². The van der Waals surface area contributed by atoms with Crippen LogP contribution < -0.4 is 51.4 Å². The molecular weight excluding hydrogens is 506 g/mol. The minimum Gasteiger partial charge on any atom is -1.00 e. The molecule has 0 saturated heterocycles. The van der Waals surface area contributed by atoms with Crippen LogP contribution in [0.5, 0.6) is 11.5 Å². The molecule has 4 N–H and O–H groups in total. The fourth-order valence-corrected chi connectivity index (χ4v) is 3.60. The van der Waals surface area contributed by atoms with Gasteiger partial charge in [0.05, 0.1) is 0 Å². The number of hydrogen-bond donors (Lipinski definition) is 4. The molecule has 0 unspecified atom stereocenters. The Balaban J connectivity index is -0.000000617. The average Bonchev–Trinajstić information content (AvgIpc) is 2.64. The number of benzene rings is 2. The molecule has 0 aliphatic rings. The van der Waals surface area contributed by atoms with Crippen molar-refractivity contribution in [2.45, 2.75) is 105 Å². The topological polar surface area (TPSA) is 115 Å². The fourth-order valence-electron chi connectivity index (χ4n) is 3.60. The van der Waals surface area contributed by atoms with E-state index in [-0.39, 0.29) is 106 Å². The number of rotatable bonds is 2. The van der Waals surface area contributed by atoms with Crippen molar-refractivity contribution in [3.8, 4) is 11.5 Å². The molecule has 0 aliphatic carbocycles. The van der Waals surface area contributed by atoms with E-state index in [1.165, 1.54) is 0 Å². The maximum absolute atomic E-state index is 11.2. The van der Waals surface area contributed by atoms with E-state index in [4.69, 9.17) is 0 Å². The Kier molecular flexibility index (Phi) is 13.6. The van der Waals surface area contributed by atoms with Crippen LogP contribution in [0, 0.1) is 0 Å². The van der Waals surface area contributed by atoms with Crippen molar-refractivity contribution in [1.29, 1.82) is 0 Å². The summed E-state index contributed by atoms with van der Waals surface area (Å²) in [5.74, 6) is -2.43. The third kappa shape index (κ3) is 10.0. The zero-order valence-electron chi connectivity index (χ0n) is 26.5. The van der Waals surface area contributed by atoms with E-state index in [1.807, 2.05) is 95.2 Å². The summed E-state index contributed by atoms with van der Waals surface area (Å²) in [6.07, 6.45) is 0. The molecule has 2 aromatic carbocycles. The summed E-state index contributed by atoms with van der Waals surface area (Å²) in [7, 11) is 0. The van der Waals surface area contributed by atoms with E-state index in [0.29, 0.717) is 11.1 Å². The Bertz CT molecular complexity index is 1060. The van der Waals surface area contributed by atoms with Gasteiger partial charge in [-0.3, -0.25) is 0 Å². The first-order valence-corrected chi connectivity index (χ1v) is 12.1. The van der Waals surface area contributed by atoms with Crippen LogP contribution in [-0.2, 0) is 21.7 Å². The van der Waals surface area contributed by atoms with Gasteiger partial charge in [-0.25, -0.2) is 9.59 Å². The van der Waals surface area contributed by atoms with Crippen molar-refractivity contribution in [3.63, 3.8) is 0 Å². The molecule has 0 amide bonds. The average molecular weight is 552 g/mol. The molecule has 0 atom stereocenters. The maximum atomic E-state index is 11.2. The zero-order chi connectivity index (χ0) is 28.6. The smallest absolute Gasteiger partial charge is 1.00 e. The van der Waals surface area contributed by atoms with Crippen molar-refractivity contribution in [2.24, 2.45) is 0 Å². The molecule has 0 aliphatic heterocycles. The predicted octanol–water partition coefficient (Wildman–Crippen LogP) is 4.11. The molecule has 0 spiro atoms. The fraction of sp³-hybridized carbons (Fsp3) is 0.533. The van der Waals surface area contributed by atoms with E-state index in [2.05, 4.69) is 0 Å². The van der Waals surface area contributed by atoms with Crippen LogP contribution in [0.2, 0.25) is 0 Å². The second-order valence-corrected chi connectivity index (χ2v) is 13.5. The molecule has 2 rings (SSSR count). The number of carbonyl (C=O) groups is 2. The van der Waals surface area contributed by atoms with Crippen molar-refractivity contribution in [1.82, 2.24) is 0 Å². The number of carboxylic acids is 2. The number of hydrogen-bond acceptors (Lipinski definition) is 4. The van der Waals surface area contributed by atoms with Crippen molar-refractivity contribution < 1.29 is 82.8 Å². The van der Waals surface area contributed by atoms with E-state index < -0.39 is 11.9 Å². The first kappa shape index (κ1) is 38.8. The van der Waals surface area contributed by atoms with Gasteiger partial charge in [0.1, 0.15) is 22.6 Å². The van der Waals surface area contributed by atoms with Crippen LogP contribution in [0.4, 0.5) is 0 Å². The molecule has 6 nitrogen and oxygen atoms in total. The molecule has 0 heterocycles. The Morgan fingerprint density at radius 1 is 0.553 bits per heavy atom. The first-order chi connectivity index (χ1) is 15.9. The standard InChI is InChI=1S/2C15H22O3.B.K.H/c2*1-14(2,3)9-7-10(13(17)18)12(16)11(8-9)15(4,5)6;;;/h2*7-8,16H,1-6H3,(H,17,18);;;/q;;;+1;-1. The minimum absolute atomic E-state index is 0. The van der Waals surface area contributed by atoms with Crippen molar-refractivity contribution in [3.05, 3.63) is 57.6 Å². The molecule has 0 saturated carbocycles. The number of phenols is 2. The van der Waals surface area contributed by atoms with Gasteiger partial charge >= 0.3 is 63.3 Å². The van der Waals surface area contributed by atoms with Gasteiger partial charge in [0.15, 0.2) is 0 Å². The van der Waals surface area contributed by atoms with Crippen molar-refractivity contribution >= 4 is 20.4 Å². The maximum Gasteiger partial charge on any atom is 1.00 e. The summed E-state index contributed by atoms with van der Waals surface area (Å²) < 4.78 is 0. The molecule has 38 heavy (non-hydrogen) atoms. The van der Waals surface area contributed by atoms with E-state index >= 15 is 0 Å². The minimum atomic E-state index is -1.09. The Morgan fingerprint density at radius 3 is 0.947 bits per heavy atom. The van der Waals surface area contributed by atoms with Crippen LogP contribution in [0.1, 0.15) is 127 Å². The number of aromatic hydroxyl groups is 2. The van der Waals surface area contributed by atoms with Gasteiger partial charge in [-0.1, -0.05) is 95.2 Å². The zero-order valence-corrected chi connectivity index (χ0v) is 28.6. The van der Waals surface area contributed by atoms with Crippen LogP contribution in [0.15, 0.2) is 24.3 Å². The monoisotopic (exact) mass is 551 g/mol. The van der Waals surface area contributed by atoms with Gasteiger partial charge < -0.3 is 21.9 Å². The molecule has 2 aromatic rings. The third-order valence-electron chi connectivity index (χ3n) is 6.03. The van der Waals surface area contributed by atoms with Gasteiger partial charge in [-0.05, 0) is 44.9 Å². The predicted molar refractivity (Wildman–Crippen MR) is 152 cm³/mol. The molecule has 0 aromatic heterocycles. The molecule has 8 heteroatoms. The van der Waals surface area contributed by atoms with Crippen LogP contribution in [0.3, 0.4) is 0 Å². The van der Waals surface area contributed by atoms with Crippen LogP contribution in [-0.4, -0.2) is 40.8 Å². The first-order valence-electron chi connectivity index (χ1n) is 12.1. The second-order valence-electron chi connectivity index (χ2n) is 13.5. The summed E-state index contributed by atoms with van der Waals surface area (Å²) >= 11 is 0.